The molecule has 1 aliphatic heterocycles. The van der Waals surface area contributed by atoms with Crippen LogP contribution in [0.3, 0.4) is 0 Å². The smallest absolute Gasteiger partial charge is 0.275 e. The van der Waals surface area contributed by atoms with Gasteiger partial charge in [-0.25, -0.2) is 0 Å². The van der Waals surface area contributed by atoms with E-state index in [2.05, 4.69) is 29.8 Å². The summed E-state index contributed by atoms with van der Waals surface area (Å²) in [5, 5.41) is 3.33. The van der Waals surface area contributed by atoms with Gasteiger partial charge < -0.3 is 9.88 Å². The Labute approximate surface area is 199 Å². The Hall–Kier alpha value is -2.60. The van der Waals surface area contributed by atoms with Crippen LogP contribution in [0.1, 0.15) is 67.4 Å². The molecule has 2 aromatic heterocycles. The molecule has 2 amide bonds. The maximum absolute atomic E-state index is 14.0. The molecule has 0 spiro atoms. The Balaban J connectivity index is 1.59. The molecule has 2 aliphatic rings. The van der Waals surface area contributed by atoms with Gasteiger partial charge in [0.25, 0.3) is 5.91 Å². The average molecular weight is 464 g/mol. The largest absolute Gasteiger partial charge is 0.351 e. The summed E-state index contributed by atoms with van der Waals surface area (Å²) in [6.45, 7) is 8.81. The average Bonchev–Trinajstić information content (AvgIpc) is 3.35. The summed E-state index contributed by atoms with van der Waals surface area (Å²) in [6, 6.07) is 12.2. The Morgan fingerprint density at radius 2 is 1.91 bits per heavy atom. The van der Waals surface area contributed by atoms with E-state index in [1.807, 2.05) is 44.2 Å². The highest BCUT2D eigenvalue weighted by Crippen LogP contribution is 2.39. The van der Waals surface area contributed by atoms with Crippen molar-refractivity contribution in [2.24, 2.45) is 5.92 Å². The van der Waals surface area contributed by atoms with Crippen molar-refractivity contribution in [1.82, 2.24) is 9.88 Å². The second kappa shape index (κ2) is 8.32. The first-order chi connectivity index (χ1) is 15.8. The number of hydrogen-bond donors (Lipinski definition) is 1. The third-order valence-electron chi connectivity index (χ3n) is 7.57. The van der Waals surface area contributed by atoms with Crippen LogP contribution in [-0.2, 0) is 17.8 Å². The van der Waals surface area contributed by atoms with E-state index in [-0.39, 0.29) is 17.9 Å². The minimum absolute atomic E-state index is 0.0582. The van der Waals surface area contributed by atoms with Crippen LogP contribution in [0.2, 0.25) is 0 Å². The lowest BCUT2D eigenvalue weighted by Crippen LogP contribution is -2.65. The highest BCUT2D eigenvalue weighted by atomic mass is 32.1. The number of para-hydroxylation sites is 1. The molecule has 6 heteroatoms. The van der Waals surface area contributed by atoms with Crippen LogP contribution >= 0.6 is 11.3 Å². The molecule has 5 rings (SSSR count). The van der Waals surface area contributed by atoms with Crippen LogP contribution in [0.25, 0.3) is 10.2 Å². The van der Waals surface area contributed by atoms with E-state index in [4.69, 9.17) is 0 Å². The maximum atomic E-state index is 14.0. The molecule has 174 valence electrons. The maximum Gasteiger partial charge on any atom is 0.275 e. The molecule has 1 fully saturated rings. The molecule has 0 radical (unpaired) electrons. The number of benzene rings is 1. The van der Waals surface area contributed by atoms with E-state index in [0.29, 0.717) is 12.2 Å². The van der Waals surface area contributed by atoms with E-state index in [1.54, 1.807) is 16.2 Å². The lowest BCUT2D eigenvalue weighted by Gasteiger charge is -2.45. The SMILES string of the molecule is CCc1cc2c(cc3n2C[C@](C)(C(=O)NC2CCC(C)CC2)N(c2ccccc2C)C3=O)s1. The van der Waals surface area contributed by atoms with Crippen molar-refractivity contribution in [2.45, 2.75) is 77.9 Å². The zero-order valence-electron chi connectivity index (χ0n) is 20.0. The lowest BCUT2D eigenvalue weighted by molar-refractivity contribution is -0.127. The number of nitrogens with one attached hydrogen (secondary N) is 1. The zero-order chi connectivity index (χ0) is 23.3. The Morgan fingerprint density at radius 3 is 2.61 bits per heavy atom. The van der Waals surface area contributed by atoms with Gasteiger partial charge >= 0.3 is 0 Å². The number of hydrogen-bond acceptors (Lipinski definition) is 3. The first-order valence-electron chi connectivity index (χ1n) is 12.1. The molecule has 33 heavy (non-hydrogen) atoms. The predicted octanol–water partition coefficient (Wildman–Crippen LogP) is 5.69. The van der Waals surface area contributed by atoms with Crippen LogP contribution in [0.15, 0.2) is 36.4 Å². The van der Waals surface area contributed by atoms with Gasteiger partial charge in [-0.15, -0.1) is 11.3 Å². The van der Waals surface area contributed by atoms with Gasteiger partial charge in [-0.1, -0.05) is 32.0 Å². The number of aromatic nitrogens is 1. The topological polar surface area (TPSA) is 54.3 Å². The fraction of sp³-hybridized carbons (Fsp3) is 0.481. The Bertz CT molecular complexity index is 1220. The van der Waals surface area contributed by atoms with E-state index in [1.165, 1.54) is 4.88 Å². The first-order valence-corrected chi connectivity index (χ1v) is 13.0. The molecule has 3 heterocycles. The van der Waals surface area contributed by atoms with E-state index < -0.39 is 5.54 Å². The van der Waals surface area contributed by atoms with Crippen molar-refractivity contribution < 1.29 is 9.59 Å². The molecular weight excluding hydrogens is 430 g/mol. The van der Waals surface area contributed by atoms with Crippen molar-refractivity contribution in [3.8, 4) is 0 Å². The van der Waals surface area contributed by atoms with Crippen LogP contribution in [0.5, 0.6) is 0 Å². The van der Waals surface area contributed by atoms with E-state index in [9.17, 15) is 9.59 Å². The second-order valence-corrected chi connectivity index (χ2v) is 11.2. The van der Waals surface area contributed by atoms with Gasteiger partial charge in [0, 0.05) is 16.6 Å². The number of aryl methyl sites for hydroxylation is 2. The van der Waals surface area contributed by atoms with Crippen LogP contribution < -0.4 is 10.2 Å². The van der Waals surface area contributed by atoms with Gasteiger partial charge in [-0.3, -0.25) is 14.5 Å². The van der Waals surface area contributed by atoms with Crippen LogP contribution in [0.4, 0.5) is 5.69 Å². The van der Waals surface area contributed by atoms with Gasteiger partial charge in [0.15, 0.2) is 0 Å². The molecule has 0 unspecified atom stereocenters. The number of fused-ring (bicyclic) bond motifs is 3. The van der Waals surface area contributed by atoms with Crippen molar-refractivity contribution >= 4 is 39.1 Å². The van der Waals surface area contributed by atoms with Crippen LogP contribution in [-0.4, -0.2) is 28.0 Å². The van der Waals surface area contributed by atoms with Crippen LogP contribution in [0, 0.1) is 12.8 Å². The number of amides is 2. The number of carbonyl (C=O) groups is 2. The summed E-state index contributed by atoms with van der Waals surface area (Å²) in [6.07, 6.45) is 5.25. The molecule has 0 saturated heterocycles. The Morgan fingerprint density at radius 1 is 1.18 bits per heavy atom. The van der Waals surface area contributed by atoms with Gasteiger partial charge in [0.2, 0.25) is 5.91 Å². The number of rotatable bonds is 4. The summed E-state index contributed by atoms with van der Waals surface area (Å²) in [5.41, 5.74) is 2.52. The summed E-state index contributed by atoms with van der Waals surface area (Å²) in [4.78, 5) is 31.0. The second-order valence-electron chi connectivity index (χ2n) is 10.1. The van der Waals surface area contributed by atoms with Crippen molar-refractivity contribution in [1.29, 1.82) is 0 Å². The van der Waals surface area contributed by atoms with Crippen molar-refractivity contribution in [3.05, 3.63) is 52.5 Å². The fourth-order valence-electron chi connectivity index (χ4n) is 5.44. The van der Waals surface area contributed by atoms with Crippen molar-refractivity contribution in [2.75, 3.05) is 4.90 Å². The predicted molar refractivity (Wildman–Crippen MR) is 135 cm³/mol. The van der Waals surface area contributed by atoms with Crippen molar-refractivity contribution in [3.63, 3.8) is 0 Å². The van der Waals surface area contributed by atoms with E-state index in [0.717, 1.165) is 59.5 Å². The fourth-order valence-corrected chi connectivity index (χ4v) is 6.48. The molecule has 1 atom stereocenters. The van der Waals surface area contributed by atoms with Gasteiger partial charge in [-0.2, -0.15) is 0 Å². The first kappa shape index (κ1) is 22.2. The minimum atomic E-state index is -1.01. The number of carbonyl (C=O) groups excluding carboxylic acids is 2. The van der Waals surface area contributed by atoms with Gasteiger partial charge in [0.1, 0.15) is 11.2 Å². The summed E-state index contributed by atoms with van der Waals surface area (Å²) in [7, 11) is 0. The summed E-state index contributed by atoms with van der Waals surface area (Å²) < 4.78 is 3.19. The number of nitrogens with zero attached hydrogens (tertiary/aromatic N) is 2. The summed E-state index contributed by atoms with van der Waals surface area (Å²) >= 11 is 1.74. The molecule has 1 N–H and O–H groups in total. The Kier molecular flexibility index (Phi) is 5.60. The third kappa shape index (κ3) is 3.68. The molecule has 1 aromatic carbocycles. The molecule has 1 saturated carbocycles. The number of thiophene rings is 1. The standard InChI is InChI=1S/C27H33N3O2S/c1-5-20-14-22-24(33-20)15-23-25(31)30(21-9-7-6-8-18(21)3)27(4,16-29(22)23)26(32)28-19-12-10-17(2)11-13-19/h6-9,14-15,17,19H,5,10-13,16H2,1-4H3,(H,28,32)/t17?,19?,27-/m1/s1. The molecule has 1 aliphatic carbocycles. The number of anilines is 1. The molecular formula is C27H33N3O2S. The minimum Gasteiger partial charge on any atom is -0.351 e. The highest BCUT2D eigenvalue weighted by molar-refractivity contribution is 7.19. The monoisotopic (exact) mass is 463 g/mol. The third-order valence-corrected chi connectivity index (χ3v) is 8.78. The molecule has 5 nitrogen and oxygen atoms in total. The quantitative estimate of drug-likeness (QED) is 0.541. The van der Waals surface area contributed by atoms with Gasteiger partial charge in [-0.05, 0) is 75.6 Å². The van der Waals surface area contributed by atoms with Gasteiger partial charge in [0.05, 0.1) is 16.8 Å². The normalized spacial score (nSPS) is 25.3. The summed E-state index contributed by atoms with van der Waals surface area (Å²) in [5.74, 6) is 0.555. The zero-order valence-corrected chi connectivity index (χ0v) is 20.8. The molecule has 3 aromatic rings. The molecule has 0 bridgehead atoms. The lowest BCUT2D eigenvalue weighted by atomic mass is 9.86. The van der Waals surface area contributed by atoms with E-state index >= 15 is 0 Å². The highest BCUT2D eigenvalue weighted by Gasteiger charge is 2.49.